The quantitative estimate of drug-likeness (QED) is 0.894. The smallest absolute Gasteiger partial charge is 0.225 e. The summed E-state index contributed by atoms with van der Waals surface area (Å²) >= 11 is 1.25. The molecule has 2 saturated heterocycles. The van der Waals surface area contributed by atoms with E-state index in [1.807, 2.05) is 6.20 Å². The van der Waals surface area contributed by atoms with Crippen LogP contribution in [0.5, 0.6) is 0 Å². The van der Waals surface area contributed by atoms with E-state index in [-0.39, 0.29) is 11.8 Å². The largest absolute Gasteiger partial charge is 0.381 e. The summed E-state index contributed by atoms with van der Waals surface area (Å²) in [6.45, 7) is 4.09. The number of rotatable bonds is 4. The fourth-order valence-electron chi connectivity index (χ4n) is 2.80. The van der Waals surface area contributed by atoms with Crippen molar-refractivity contribution >= 4 is 23.5 Å². The molecule has 1 atom stereocenters. The molecule has 2 aliphatic heterocycles. The minimum absolute atomic E-state index is 0.0659. The molecule has 3 heterocycles. The van der Waals surface area contributed by atoms with Crippen molar-refractivity contribution in [3.63, 3.8) is 0 Å². The van der Waals surface area contributed by atoms with Crippen LogP contribution < -0.4 is 10.2 Å². The number of amides is 1. The molecule has 0 aromatic carbocycles. The Morgan fingerprint density at radius 2 is 2.30 bits per heavy atom. The standard InChI is InChI=1S/C13H20N4O2S/c18-13(11-3-6-19-9-11)14-7-10-1-4-17(5-2-10)12-8-15-20-16-12/h8,10-11H,1-7,9H2,(H,14,18). The normalized spacial score (nSPS) is 24.0. The van der Waals surface area contributed by atoms with Gasteiger partial charge in [0.2, 0.25) is 5.91 Å². The van der Waals surface area contributed by atoms with Gasteiger partial charge in [0.05, 0.1) is 30.4 Å². The van der Waals surface area contributed by atoms with Gasteiger partial charge >= 0.3 is 0 Å². The molecule has 1 aromatic rings. The van der Waals surface area contributed by atoms with Crippen molar-refractivity contribution in [3.8, 4) is 0 Å². The highest BCUT2D eigenvalue weighted by atomic mass is 32.1. The van der Waals surface area contributed by atoms with E-state index >= 15 is 0 Å². The number of hydrogen-bond acceptors (Lipinski definition) is 6. The molecule has 0 spiro atoms. The molecule has 1 N–H and O–H groups in total. The second-order valence-electron chi connectivity index (χ2n) is 5.50. The fourth-order valence-corrected chi connectivity index (χ4v) is 3.23. The molecule has 110 valence electrons. The molecule has 1 unspecified atom stereocenters. The van der Waals surface area contributed by atoms with Crippen molar-refractivity contribution in [3.05, 3.63) is 6.20 Å². The average molecular weight is 296 g/mol. The summed E-state index contributed by atoms with van der Waals surface area (Å²) in [5.74, 6) is 1.79. The van der Waals surface area contributed by atoms with E-state index in [2.05, 4.69) is 19.0 Å². The zero-order valence-corrected chi connectivity index (χ0v) is 12.3. The highest BCUT2D eigenvalue weighted by molar-refractivity contribution is 6.99. The first kappa shape index (κ1) is 13.8. The van der Waals surface area contributed by atoms with Crippen LogP contribution in [0.15, 0.2) is 6.20 Å². The number of piperidine rings is 1. The van der Waals surface area contributed by atoms with Crippen LogP contribution in [0.1, 0.15) is 19.3 Å². The van der Waals surface area contributed by atoms with Gasteiger partial charge in [-0.3, -0.25) is 4.79 Å². The molecule has 2 aliphatic rings. The third-order valence-corrected chi connectivity index (χ3v) is 4.62. The van der Waals surface area contributed by atoms with Gasteiger partial charge in [-0.25, -0.2) is 0 Å². The number of hydrogen-bond donors (Lipinski definition) is 1. The maximum atomic E-state index is 11.9. The van der Waals surface area contributed by atoms with E-state index in [4.69, 9.17) is 4.74 Å². The predicted octanol–water partition coefficient (Wildman–Crippen LogP) is 0.907. The van der Waals surface area contributed by atoms with Gasteiger partial charge < -0.3 is 15.0 Å². The zero-order chi connectivity index (χ0) is 13.8. The van der Waals surface area contributed by atoms with Crippen molar-refractivity contribution in [2.45, 2.75) is 19.3 Å². The third-order valence-electron chi connectivity index (χ3n) is 4.15. The number of nitrogens with zero attached hydrogens (tertiary/aromatic N) is 3. The molecular formula is C13H20N4O2S. The fraction of sp³-hybridized carbons (Fsp3) is 0.769. The summed E-state index contributed by atoms with van der Waals surface area (Å²) in [7, 11) is 0. The molecule has 2 fully saturated rings. The van der Waals surface area contributed by atoms with Crippen LogP contribution in [0.25, 0.3) is 0 Å². The van der Waals surface area contributed by atoms with Crippen LogP contribution in [-0.2, 0) is 9.53 Å². The Hall–Kier alpha value is -1.21. The molecule has 6 nitrogen and oxygen atoms in total. The van der Waals surface area contributed by atoms with Crippen LogP contribution in [0.3, 0.4) is 0 Å². The predicted molar refractivity (Wildman–Crippen MR) is 76.8 cm³/mol. The van der Waals surface area contributed by atoms with Crippen molar-refractivity contribution in [2.75, 3.05) is 37.7 Å². The molecular weight excluding hydrogens is 276 g/mol. The Bertz CT molecular complexity index is 426. The van der Waals surface area contributed by atoms with E-state index in [0.29, 0.717) is 12.5 Å². The zero-order valence-electron chi connectivity index (χ0n) is 11.5. The molecule has 0 aliphatic carbocycles. The molecule has 20 heavy (non-hydrogen) atoms. The number of ether oxygens (including phenoxy) is 1. The molecule has 1 amide bonds. The van der Waals surface area contributed by atoms with Crippen LogP contribution in [0.4, 0.5) is 5.82 Å². The second-order valence-corrected chi connectivity index (χ2v) is 6.06. The maximum Gasteiger partial charge on any atom is 0.225 e. The Balaban J connectivity index is 1.39. The Labute approximate surface area is 122 Å². The van der Waals surface area contributed by atoms with Gasteiger partial charge in [0.25, 0.3) is 0 Å². The summed E-state index contributed by atoms with van der Waals surface area (Å²) in [6.07, 6.45) is 4.88. The Morgan fingerprint density at radius 3 is 2.95 bits per heavy atom. The van der Waals surface area contributed by atoms with E-state index in [9.17, 15) is 4.79 Å². The number of carbonyl (C=O) groups excluding carboxylic acids is 1. The minimum Gasteiger partial charge on any atom is -0.381 e. The first-order valence-electron chi connectivity index (χ1n) is 7.21. The van der Waals surface area contributed by atoms with Crippen LogP contribution in [0, 0.1) is 11.8 Å². The molecule has 3 rings (SSSR count). The van der Waals surface area contributed by atoms with Crippen LogP contribution >= 0.6 is 11.7 Å². The topological polar surface area (TPSA) is 67.4 Å². The highest BCUT2D eigenvalue weighted by Gasteiger charge is 2.25. The van der Waals surface area contributed by atoms with Crippen molar-refractivity contribution in [1.29, 1.82) is 0 Å². The van der Waals surface area contributed by atoms with E-state index in [0.717, 1.165) is 51.3 Å². The lowest BCUT2D eigenvalue weighted by atomic mass is 9.96. The van der Waals surface area contributed by atoms with Gasteiger partial charge in [-0.1, -0.05) is 0 Å². The summed E-state index contributed by atoms with van der Waals surface area (Å²) in [4.78, 5) is 14.2. The average Bonchev–Trinajstić information content (AvgIpc) is 3.18. The molecule has 7 heteroatoms. The summed E-state index contributed by atoms with van der Waals surface area (Å²) in [5, 5.41) is 3.08. The number of carbonyl (C=O) groups is 1. The number of aromatic nitrogens is 2. The van der Waals surface area contributed by atoms with Crippen LogP contribution in [0.2, 0.25) is 0 Å². The third kappa shape index (κ3) is 3.27. The lowest BCUT2D eigenvalue weighted by molar-refractivity contribution is -0.125. The van der Waals surface area contributed by atoms with Crippen molar-refractivity contribution < 1.29 is 9.53 Å². The van der Waals surface area contributed by atoms with Gasteiger partial charge in [-0.05, 0) is 25.2 Å². The van der Waals surface area contributed by atoms with Gasteiger partial charge in [0.1, 0.15) is 0 Å². The molecule has 0 radical (unpaired) electrons. The number of nitrogens with one attached hydrogen (secondary N) is 1. The SMILES string of the molecule is O=C(NCC1CCN(c2cnsn2)CC1)C1CCOC1. The van der Waals surface area contributed by atoms with Crippen molar-refractivity contribution in [2.24, 2.45) is 11.8 Å². The number of anilines is 1. The van der Waals surface area contributed by atoms with Gasteiger partial charge in [0, 0.05) is 26.2 Å². The van der Waals surface area contributed by atoms with E-state index < -0.39 is 0 Å². The van der Waals surface area contributed by atoms with Gasteiger partial charge in [-0.2, -0.15) is 8.75 Å². The molecule has 0 bridgehead atoms. The first-order valence-corrected chi connectivity index (χ1v) is 7.94. The lowest BCUT2D eigenvalue weighted by Gasteiger charge is -2.32. The van der Waals surface area contributed by atoms with Crippen LogP contribution in [-0.4, -0.2) is 47.5 Å². The summed E-state index contributed by atoms with van der Waals surface area (Å²) < 4.78 is 13.6. The molecule has 0 saturated carbocycles. The van der Waals surface area contributed by atoms with E-state index in [1.165, 1.54) is 11.7 Å². The summed E-state index contributed by atoms with van der Waals surface area (Å²) in [6, 6.07) is 0. The van der Waals surface area contributed by atoms with Gasteiger partial charge in [-0.15, -0.1) is 0 Å². The lowest BCUT2D eigenvalue weighted by Crippen LogP contribution is -2.40. The maximum absolute atomic E-state index is 11.9. The van der Waals surface area contributed by atoms with Gasteiger partial charge in [0.15, 0.2) is 5.82 Å². The summed E-state index contributed by atoms with van der Waals surface area (Å²) in [5.41, 5.74) is 0. The first-order chi connectivity index (χ1) is 9.83. The van der Waals surface area contributed by atoms with Crippen molar-refractivity contribution in [1.82, 2.24) is 14.1 Å². The molecule has 1 aromatic heterocycles. The highest BCUT2D eigenvalue weighted by Crippen LogP contribution is 2.21. The Kier molecular flexibility index (Phi) is 4.47. The monoisotopic (exact) mass is 296 g/mol. The van der Waals surface area contributed by atoms with E-state index in [1.54, 1.807) is 0 Å². The minimum atomic E-state index is 0.0659. The Morgan fingerprint density at radius 1 is 1.45 bits per heavy atom. The second kappa shape index (κ2) is 6.49.